The molecule has 25 heavy (non-hydrogen) atoms. The monoisotopic (exact) mass is 449 g/mol. The molecule has 6 heteroatoms. The molecule has 0 saturated carbocycles. The van der Waals surface area contributed by atoms with Crippen LogP contribution in [0.3, 0.4) is 0 Å². The Kier molecular flexibility index (Phi) is 6.41. The molecule has 5 nitrogen and oxygen atoms in total. The highest BCUT2D eigenvalue weighted by Gasteiger charge is 2.04. The van der Waals surface area contributed by atoms with Crippen molar-refractivity contribution in [1.82, 2.24) is 9.97 Å². The Bertz CT molecular complexity index is 882. The van der Waals surface area contributed by atoms with Crippen LogP contribution in [0, 0.1) is 6.92 Å². The number of nitrogens with one attached hydrogen (secondary N) is 2. The highest BCUT2D eigenvalue weighted by molar-refractivity contribution is 14.0. The topological polar surface area (TPSA) is 79.1 Å². The van der Waals surface area contributed by atoms with E-state index >= 15 is 0 Å². The van der Waals surface area contributed by atoms with Gasteiger partial charge in [-0.3, -0.25) is 0 Å². The molecule has 0 aliphatic heterocycles. The van der Waals surface area contributed by atoms with Crippen molar-refractivity contribution in [2.24, 2.45) is 10.7 Å². The lowest BCUT2D eigenvalue weighted by molar-refractivity contribution is 0.867. The number of H-pyrrole nitrogens is 1. The molecule has 0 atom stereocenters. The highest BCUT2D eigenvalue weighted by atomic mass is 127. The quantitative estimate of drug-likeness (QED) is 0.311. The fraction of sp³-hybridized carbons (Fsp3) is 0.263. The number of rotatable bonds is 4. The summed E-state index contributed by atoms with van der Waals surface area (Å²) >= 11 is 0. The lowest BCUT2D eigenvalue weighted by atomic mass is 10.0. The van der Waals surface area contributed by atoms with Crippen LogP contribution in [0.2, 0.25) is 0 Å². The Morgan fingerprint density at radius 1 is 1.24 bits per heavy atom. The third-order valence-corrected chi connectivity index (χ3v) is 3.91. The van der Waals surface area contributed by atoms with E-state index in [9.17, 15) is 0 Å². The molecule has 0 aliphatic carbocycles. The first-order valence-electron chi connectivity index (χ1n) is 8.13. The van der Waals surface area contributed by atoms with E-state index < -0.39 is 0 Å². The number of aryl methyl sites for hydroxylation is 1. The first-order chi connectivity index (χ1) is 11.5. The number of aromatic amines is 1. The van der Waals surface area contributed by atoms with Crippen LogP contribution in [0.15, 0.2) is 47.5 Å². The molecular weight excluding hydrogens is 425 g/mol. The van der Waals surface area contributed by atoms with Crippen LogP contribution in [0.5, 0.6) is 0 Å². The molecule has 4 N–H and O–H groups in total. The Balaban J connectivity index is 0.00000225. The van der Waals surface area contributed by atoms with Crippen molar-refractivity contribution in [2.75, 3.05) is 5.32 Å². The molecule has 2 aromatic carbocycles. The highest BCUT2D eigenvalue weighted by Crippen LogP contribution is 2.18. The first kappa shape index (κ1) is 19.2. The zero-order chi connectivity index (χ0) is 17.1. The molecule has 1 aromatic heterocycles. The van der Waals surface area contributed by atoms with Gasteiger partial charge in [0, 0.05) is 5.69 Å². The molecule has 0 amide bonds. The number of hydrogen-bond acceptors (Lipinski definition) is 2. The summed E-state index contributed by atoms with van der Waals surface area (Å²) in [5.74, 6) is 1.66. The number of nitrogens with zero attached hydrogens (tertiary/aromatic N) is 2. The standard InChI is InChI=1S/C19H23N5.HI/c1-12(2)14-5-4-6-15(10-14)22-19(20)21-11-18-23-16-8-7-13(3)9-17(16)24-18;/h4-10,12H,11H2,1-3H3,(H,23,24)(H3,20,21,22);1H. The molecule has 0 unspecified atom stereocenters. The minimum atomic E-state index is 0. The van der Waals surface area contributed by atoms with Gasteiger partial charge in [0.2, 0.25) is 0 Å². The number of aliphatic imine (C=N–C) groups is 1. The molecule has 0 radical (unpaired) electrons. The Labute approximate surface area is 165 Å². The van der Waals surface area contributed by atoms with Gasteiger partial charge in [0.05, 0.1) is 11.0 Å². The molecule has 0 aliphatic rings. The lowest BCUT2D eigenvalue weighted by Crippen LogP contribution is -2.22. The lowest BCUT2D eigenvalue weighted by Gasteiger charge is -2.09. The first-order valence-corrected chi connectivity index (χ1v) is 8.13. The van der Waals surface area contributed by atoms with Gasteiger partial charge in [-0.2, -0.15) is 0 Å². The summed E-state index contributed by atoms with van der Waals surface area (Å²) in [5, 5.41) is 3.14. The van der Waals surface area contributed by atoms with Crippen LogP contribution in [-0.2, 0) is 6.54 Å². The van der Waals surface area contributed by atoms with Gasteiger partial charge in [0.1, 0.15) is 12.4 Å². The van der Waals surface area contributed by atoms with E-state index in [-0.39, 0.29) is 24.0 Å². The second-order valence-electron chi connectivity index (χ2n) is 6.31. The van der Waals surface area contributed by atoms with Crippen molar-refractivity contribution >= 4 is 46.7 Å². The van der Waals surface area contributed by atoms with Crippen LogP contribution < -0.4 is 11.1 Å². The maximum atomic E-state index is 6.00. The molecule has 3 aromatic rings. The number of fused-ring (bicyclic) bond motifs is 1. The fourth-order valence-electron chi connectivity index (χ4n) is 2.57. The van der Waals surface area contributed by atoms with E-state index in [2.05, 4.69) is 59.2 Å². The van der Waals surface area contributed by atoms with Crippen LogP contribution in [0.25, 0.3) is 11.0 Å². The summed E-state index contributed by atoms with van der Waals surface area (Å²) in [6.45, 7) is 6.81. The van der Waals surface area contributed by atoms with E-state index in [1.54, 1.807) is 0 Å². The van der Waals surface area contributed by atoms with Crippen molar-refractivity contribution in [3.63, 3.8) is 0 Å². The number of imidazole rings is 1. The van der Waals surface area contributed by atoms with Gasteiger partial charge in [0.15, 0.2) is 5.96 Å². The molecule has 0 spiro atoms. The maximum absolute atomic E-state index is 6.00. The van der Waals surface area contributed by atoms with Gasteiger partial charge in [0.25, 0.3) is 0 Å². The molecule has 3 rings (SSSR count). The van der Waals surface area contributed by atoms with Crippen molar-refractivity contribution in [2.45, 2.75) is 33.2 Å². The van der Waals surface area contributed by atoms with E-state index in [4.69, 9.17) is 5.73 Å². The zero-order valence-corrected chi connectivity index (χ0v) is 17.0. The second-order valence-corrected chi connectivity index (χ2v) is 6.31. The minimum absolute atomic E-state index is 0. The number of anilines is 1. The number of nitrogens with two attached hydrogens (primary N) is 1. The van der Waals surface area contributed by atoms with Crippen LogP contribution in [0.1, 0.15) is 36.7 Å². The predicted molar refractivity (Wildman–Crippen MR) is 116 cm³/mol. The van der Waals surface area contributed by atoms with Gasteiger partial charge in [-0.05, 0) is 48.2 Å². The van der Waals surface area contributed by atoms with E-state index in [0.717, 1.165) is 22.5 Å². The molecule has 0 bridgehead atoms. The Hall–Kier alpha value is -2.09. The smallest absolute Gasteiger partial charge is 0.193 e. The maximum Gasteiger partial charge on any atom is 0.193 e. The Morgan fingerprint density at radius 3 is 2.80 bits per heavy atom. The number of aromatic nitrogens is 2. The van der Waals surface area contributed by atoms with Gasteiger partial charge < -0.3 is 16.0 Å². The van der Waals surface area contributed by atoms with Gasteiger partial charge in [-0.25, -0.2) is 9.98 Å². The molecule has 132 valence electrons. The zero-order valence-electron chi connectivity index (χ0n) is 14.7. The normalized spacial score (nSPS) is 11.6. The summed E-state index contributed by atoms with van der Waals surface area (Å²) in [6.07, 6.45) is 0. The number of hydrogen-bond donors (Lipinski definition) is 3. The molecule has 0 saturated heterocycles. The van der Waals surface area contributed by atoms with Gasteiger partial charge in [-0.1, -0.05) is 32.0 Å². The van der Waals surface area contributed by atoms with E-state index in [1.165, 1.54) is 11.1 Å². The van der Waals surface area contributed by atoms with Crippen LogP contribution >= 0.6 is 24.0 Å². The number of guanidine groups is 1. The van der Waals surface area contributed by atoms with Crippen molar-refractivity contribution in [1.29, 1.82) is 0 Å². The summed E-state index contributed by atoms with van der Waals surface area (Å²) < 4.78 is 0. The average molecular weight is 449 g/mol. The summed E-state index contributed by atoms with van der Waals surface area (Å²) in [6, 6.07) is 14.3. The third kappa shape index (κ3) is 4.94. The average Bonchev–Trinajstić information content (AvgIpc) is 2.95. The van der Waals surface area contributed by atoms with Crippen LogP contribution in [0.4, 0.5) is 5.69 Å². The fourth-order valence-corrected chi connectivity index (χ4v) is 2.57. The van der Waals surface area contributed by atoms with Gasteiger partial charge in [-0.15, -0.1) is 24.0 Å². The largest absolute Gasteiger partial charge is 0.370 e. The SMILES string of the molecule is Cc1ccc2nc(CN=C(N)Nc3cccc(C(C)C)c3)[nH]c2c1.I. The molecular formula is C19H24IN5. The summed E-state index contributed by atoms with van der Waals surface area (Å²) in [5.41, 5.74) is 11.4. The Morgan fingerprint density at radius 2 is 2.04 bits per heavy atom. The van der Waals surface area contributed by atoms with E-state index in [0.29, 0.717) is 18.4 Å². The van der Waals surface area contributed by atoms with Crippen molar-refractivity contribution < 1.29 is 0 Å². The molecule has 1 heterocycles. The van der Waals surface area contributed by atoms with Crippen molar-refractivity contribution in [3.8, 4) is 0 Å². The van der Waals surface area contributed by atoms with Crippen molar-refractivity contribution in [3.05, 3.63) is 59.4 Å². The molecule has 0 fully saturated rings. The summed E-state index contributed by atoms with van der Waals surface area (Å²) in [7, 11) is 0. The van der Waals surface area contributed by atoms with Gasteiger partial charge >= 0.3 is 0 Å². The predicted octanol–water partition coefficient (Wildman–Crippen LogP) is 4.54. The van der Waals surface area contributed by atoms with E-state index in [1.807, 2.05) is 24.3 Å². The van der Waals surface area contributed by atoms with Crippen LogP contribution in [-0.4, -0.2) is 15.9 Å². The summed E-state index contributed by atoms with van der Waals surface area (Å²) in [4.78, 5) is 12.2. The number of halogens is 1. The number of benzene rings is 2. The minimum Gasteiger partial charge on any atom is -0.370 e. The third-order valence-electron chi connectivity index (χ3n) is 3.91. The second kappa shape index (κ2) is 8.33.